The van der Waals surface area contributed by atoms with Crippen LogP contribution in [0.2, 0.25) is 0 Å². The van der Waals surface area contributed by atoms with Crippen LogP contribution in [-0.2, 0) is 0 Å². The van der Waals surface area contributed by atoms with Crippen molar-refractivity contribution in [3.8, 4) is 0 Å². The van der Waals surface area contributed by atoms with E-state index in [0.29, 0.717) is 18.7 Å². The molecule has 1 heterocycles. The van der Waals surface area contributed by atoms with Gasteiger partial charge in [-0.1, -0.05) is 64.5 Å². The summed E-state index contributed by atoms with van der Waals surface area (Å²) in [6.45, 7) is 4.61. The highest BCUT2D eigenvalue weighted by Crippen LogP contribution is 2.30. The number of carbonyl (C=O) groups excluding carboxylic acids is 1. The van der Waals surface area contributed by atoms with Crippen LogP contribution in [0.4, 0.5) is 4.39 Å². The van der Waals surface area contributed by atoms with Crippen molar-refractivity contribution in [3.63, 3.8) is 0 Å². The predicted molar refractivity (Wildman–Crippen MR) is 121 cm³/mol. The molecule has 0 radical (unpaired) electrons. The maximum absolute atomic E-state index is 13.7. The average Bonchev–Trinajstić information content (AvgIpc) is 2.78. The van der Waals surface area contributed by atoms with Crippen molar-refractivity contribution in [2.75, 3.05) is 26.2 Å². The molecule has 1 fully saturated rings. The van der Waals surface area contributed by atoms with Gasteiger partial charge in [0.1, 0.15) is 5.82 Å². The molecule has 1 aliphatic heterocycles. The van der Waals surface area contributed by atoms with Gasteiger partial charge in [-0.25, -0.2) is 4.39 Å². The molecule has 5 heteroatoms. The molecule has 3 aromatic carbocycles. The summed E-state index contributed by atoms with van der Waals surface area (Å²) in [6.07, 6.45) is 0. The highest BCUT2D eigenvalue weighted by atomic mass is 79.9. The maximum Gasteiger partial charge on any atom is 0.254 e. The van der Waals surface area contributed by atoms with Gasteiger partial charge in [-0.15, -0.1) is 0 Å². The van der Waals surface area contributed by atoms with Crippen molar-refractivity contribution in [3.05, 3.63) is 105 Å². The van der Waals surface area contributed by atoms with E-state index in [1.807, 2.05) is 17.9 Å². The third-order valence-corrected chi connectivity index (χ3v) is 6.23. The largest absolute Gasteiger partial charge is 0.336 e. The van der Waals surface area contributed by atoms with Crippen LogP contribution in [0.5, 0.6) is 0 Å². The summed E-state index contributed by atoms with van der Waals surface area (Å²) in [5.41, 5.74) is 3.72. The van der Waals surface area contributed by atoms with Gasteiger partial charge in [0.25, 0.3) is 5.91 Å². The number of nitrogens with zero attached hydrogens (tertiary/aromatic N) is 2. The predicted octanol–water partition coefficient (Wildman–Crippen LogP) is 5.44. The lowest BCUT2D eigenvalue weighted by Crippen LogP contribution is -2.50. The van der Waals surface area contributed by atoms with Crippen molar-refractivity contribution in [2.24, 2.45) is 0 Å². The smallest absolute Gasteiger partial charge is 0.254 e. The van der Waals surface area contributed by atoms with Crippen LogP contribution < -0.4 is 0 Å². The molecule has 0 bridgehead atoms. The Bertz CT molecular complexity index is 1020. The number of amides is 1. The summed E-state index contributed by atoms with van der Waals surface area (Å²) in [7, 11) is 0. The van der Waals surface area contributed by atoms with Gasteiger partial charge in [0.05, 0.1) is 6.04 Å². The lowest BCUT2D eigenvalue weighted by Gasteiger charge is -2.40. The summed E-state index contributed by atoms with van der Waals surface area (Å²) in [5, 5.41) is 0. The Morgan fingerprint density at radius 2 is 1.53 bits per heavy atom. The first-order valence-electron chi connectivity index (χ1n) is 10.1. The first-order chi connectivity index (χ1) is 14.5. The number of hydrogen-bond acceptors (Lipinski definition) is 2. The summed E-state index contributed by atoms with van der Waals surface area (Å²) < 4.78 is 14.7. The van der Waals surface area contributed by atoms with E-state index in [1.54, 1.807) is 6.07 Å². The molecule has 3 nitrogen and oxygen atoms in total. The Morgan fingerprint density at radius 3 is 2.20 bits per heavy atom. The second-order valence-corrected chi connectivity index (χ2v) is 8.57. The molecule has 3 aromatic rings. The molecular formula is C25H24BrFN2O. The fraction of sp³-hybridized carbons (Fsp3) is 0.240. The molecule has 0 unspecified atom stereocenters. The number of benzene rings is 3. The van der Waals surface area contributed by atoms with Crippen molar-refractivity contribution < 1.29 is 9.18 Å². The second kappa shape index (κ2) is 9.11. The fourth-order valence-corrected chi connectivity index (χ4v) is 4.34. The first kappa shape index (κ1) is 20.8. The van der Waals surface area contributed by atoms with E-state index < -0.39 is 0 Å². The van der Waals surface area contributed by atoms with Crippen LogP contribution in [-0.4, -0.2) is 41.9 Å². The topological polar surface area (TPSA) is 23.6 Å². The van der Waals surface area contributed by atoms with E-state index in [-0.39, 0.29) is 17.8 Å². The van der Waals surface area contributed by atoms with Crippen LogP contribution in [0.3, 0.4) is 0 Å². The molecule has 0 spiro atoms. The van der Waals surface area contributed by atoms with E-state index in [9.17, 15) is 9.18 Å². The molecule has 30 heavy (non-hydrogen) atoms. The number of piperazine rings is 1. The van der Waals surface area contributed by atoms with Gasteiger partial charge in [-0.2, -0.15) is 0 Å². The number of aryl methyl sites for hydroxylation is 1. The molecule has 1 saturated heterocycles. The highest BCUT2D eigenvalue weighted by molar-refractivity contribution is 9.10. The zero-order valence-corrected chi connectivity index (χ0v) is 18.5. The lowest BCUT2D eigenvalue weighted by atomic mass is 9.96. The van der Waals surface area contributed by atoms with Gasteiger partial charge in [0.15, 0.2) is 0 Å². The number of carbonyl (C=O) groups is 1. The lowest BCUT2D eigenvalue weighted by molar-refractivity contribution is 0.0596. The van der Waals surface area contributed by atoms with E-state index in [4.69, 9.17) is 0 Å². The van der Waals surface area contributed by atoms with E-state index >= 15 is 0 Å². The third-order valence-electron chi connectivity index (χ3n) is 5.70. The van der Waals surface area contributed by atoms with E-state index in [2.05, 4.69) is 69.4 Å². The molecule has 0 saturated carbocycles. The van der Waals surface area contributed by atoms with Gasteiger partial charge in [-0.05, 0) is 47.9 Å². The number of halogens is 2. The quantitative estimate of drug-likeness (QED) is 0.510. The van der Waals surface area contributed by atoms with Crippen molar-refractivity contribution in [1.29, 1.82) is 0 Å². The SMILES string of the molecule is Cc1ccc(F)cc1C(=O)N1CCN([C@H](c2ccccc2)c2ccc(Br)cc2)CC1. The van der Waals surface area contributed by atoms with Crippen molar-refractivity contribution in [1.82, 2.24) is 9.80 Å². The van der Waals surface area contributed by atoms with Crippen LogP contribution >= 0.6 is 15.9 Å². The first-order valence-corrected chi connectivity index (χ1v) is 10.9. The minimum absolute atomic E-state index is 0.0912. The summed E-state index contributed by atoms with van der Waals surface area (Å²) in [4.78, 5) is 17.2. The van der Waals surface area contributed by atoms with Crippen molar-refractivity contribution >= 4 is 21.8 Å². The molecule has 1 aliphatic rings. The van der Waals surface area contributed by atoms with Gasteiger partial charge in [0.2, 0.25) is 0 Å². The number of rotatable bonds is 4. The molecular weight excluding hydrogens is 443 g/mol. The van der Waals surface area contributed by atoms with Crippen molar-refractivity contribution in [2.45, 2.75) is 13.0 Å². The van der Waals surface area contributed by atoms with Gasteiger partial charge in [0, 0.05) is 36.2 Å². The standard InChI is InChI=1S/C25H24BrFN2O/c1-18-7-12-22(27)17-23(18)25(30)29-15-13-28(14-16-29)24(19-5-3-2-4-6-19)20-8-10-21(26)11-9-20/h2-12,17,24H,13-16H2,1H3/t24-/m1/s1. The number of hydrogen-bond donors (Lipinski definition) is 0. The summed E-state index contributed by atoms with van der Waals surface area (Å²) in [5.74, 6) is -0.464. The fourth-order valence-electron chi connectivity index (χ4n) is 4.07. The molecule has 4 rings (SSSR count). The Kier molecular flexibility index (Phi) is 6.30. The van der Waals surface area contributed by atoms with Crippen LogP contribution in [0.25, 0.3) is 0 Å². The molecule has 0 aromatic heterocycles. The second-order valence-electron chi connectivity index (χ2n) is 7.65. The maximum atomic E-state index is 13.7. The average molecular weight is 467 g/mol. The van der Waals surface area contributed by atoms with Crippen LogP contribution in [0, 0.1) is 12.7 Å². The Hall–Kier alpha value is -2.50. The molecule has 1 atom stereocenters. The minimum atomic E-state index is -0.373. The Balaban J connectivity index is 1.53. The molecule has 154 valence electrons. The van der Waals surface area contributed by atoms with E-state index in [0.717, 1.165) is 23.1 Å². The van der Waals surface area contributed by atoms with Gasteiger partial charge in [-0.3, -0.25) is 9.69 Å². The molecule has 0 aliphatic carbocycles. The highest BCUT2D eigenvalue weighted by Gasteiger charge is 2.29. The van der Waals surface area contributed by atoms with Gasteiger partial charge >= 0.3 is 0 Å². The van der Waals surface area contributed by atoms with Gasteiger partial charge < -0.3 is 4.90 Å². The van der Waals surface area contributed by atoms with Crippen LogP contribution in [0.15, 0.2) is 77.3 Å². The monoisotopic (exact) mass is 466 g/mol. The third kappa shape index (κ3) is 4.47. The molecule has 1 amide bonds. The minimum Gasteiger partial charge on any atom is -0.336 e. The van der Waals surface area contributed by atoms with E-state index in [1.165, 1.54) is 23.3 Å². The molecule has 0 N–H and O–H groups in total. The summed E-state index contributed by atoms with van der Waals surface area (Å²) in [6, 6.07) is 23.4. The Morgan fingerprint density at radius 1 is 0.900 bits per heavy atom. The zero-order chi connectivity index (χ0) is 21.1. The zero-order valence-electron chi connectivity index (χ0n) is 16.9. The summed E-state index contributed by atoms with van der Waals surface area (Å²) >= 11 is 3.52. The van der Waals surface area contributed by atoms with Crippen LogP contribution in [0.1, 0.15) is 33.1 Å². The normalized spacial score (nSPS) is 15.8. The Labute approximate surface area is 185 Å².